The first-order chi connectivity index (χ1) is 9.83. The second kappa shape index (κ2) is 6.15. The van der Waals surface area contributed by atoms with Gasteiger partial charge in [-0.1, -0.05) is 19.1 Å². The Morgan fingerprint density at radius 3 is 2.65 bits per heavy atom. The predicted molar refractivity (Wildman–Crippen MR) is 82.3 cm³/mol. The van der Waals surface area contributed by atoms with Crippen LogP contribution in [0.25, 0.3) is 0 Å². The largest absolute Gasteiger partial charge is 0.496 e. The van der Waals surface area contributed by atoms with Gasteiger partial charge in [-0.2, -0.15) is 0 Å². The summed E-state index contributed by atoms with van der Waals surface area (Å²) in [5, 5.41) is 3.46. The summed E-state index contributed by atoms with van der Waals surface area (Å²) >= 11 is 0. The maximum absolute atomic E-state index is 5.47. The molecule has 0 aromatic heterocycles. The second-order valence-electron chi connectivity index (χ2n) is 5.99. The second-order valence-corrected chi connectivity index (χ2v) is 5.99. The van der Waals surface area contributed by atoms with Gasteiger partial charge in [0.1, 0.15) is 5.75 Å². The van der Waals surface area contributed by atoms with Gasteiger partial charge in [0.2, 0.25) is 0 Å². The third kappa shape index (κ3) is 2.84. The lowest BCUT2D eigenvalue weighted by Gasteiger charge is -2.35. The third-order valence-corrected chi connectivity index (χ3v) is 4.64. The zero-order valence-electron chi connectivity index (χ0n) is 12.7. The number of methoxy groups -OCH3 is 1. The van der Waals surface area contributed by atoms with Gasteiger partial charge in [0.05, 0.1) is 7.11 Å². The first-order valence-electron chi connectivity index (χ1n) is 7.95. The van der Waals surface area contributed by atoms with Gasteiger partial charge < -0.3 is 10.1 Å². The molecule has 0 spiro atoms. The van der Waals surface area contributed by atoms with Gasteiger partial charge in [-0.25, -0.2) is 0 Å². The van der Waals surface area contributed by atoms with E-state index in [-0.39, 0.29) is 0 Å². The van der Waals surface area contributed by atoms with Crippen molar-refractivity contribution in [2.75, 3.05) is 33.3 Å². The Hall–Kier alpha value is -1.06. The molecule has 0 radical (unpaired) electrons. The molecule has 2 fully saturated rings. The normalized spacial score (nSPS) is 21.7. The van der Waals surface area contributed by atoms with E-state index in [0.717, 1.165) is 31.2 Å². The summed E-state index contributed by atoms with van der Waals surface area (Å²) in [5.41, 5.74) is 2.83. The Labute approximate surface area is 122 Å². The van der Waals surface area contributed by atoms with Crippen molar-refractivity contribution in [1.29, 1.82) is 0 Å². The van der Waals surface area contributed by atoms with Crippen LogP contribution in [-0.2, 0) is 6.42 Å². The number of nitrogens with zero attached hydrogens (tertiary/aromatic N) is 1. The van der Waals surface area contributed by atoms with Crippen molar-refractivity contribution in [1.82, 2.24) is 10.2 Å². The average molecular weight is 274 g/mol. The van der Waals surface area contributed by atoms with E-state index in [0.29, 0.717) is 6.04 Å². The van der Waals surface area contributed by atoms with Crippen LogP contribution >= 0.6 is 0 Å². The van der Waals surface area contributed by atoms with Crippen LogP contribution < -0.4 is 10.1 Å². The smallest absolute Gasteiger partial charge is 0.122 e. The van der Waals surface area contributed by atoms with Crippen LogP contribution in [0.3, 0.4) is 0 Å². The van der Waals surface area contributed by atoms with E-state index in [1.165, 1.54) is 37.1 Å². The molecule has 110 valence electrons. The molecule has 3 heteroatoms. The number of benzene rings is 1. The minimum absolute atomic E-state index is 0.619. The molecule has 1 saturated heterocycles. The SMILES string of the molecule is CCc1cc(C(C2CC2)N2CCNCC2)ccc1OC. The van der Waals surface area contributed by atoms with Gasteiger partial charge >= 0.3 is 0 Å². The highest BCUT2D eigenvalue weighted by atomic mass is 16.5. The van der Waals surface area contributed by atoms with Gasteiger partial charge in [-0.3, -0.25) is 4.90 Å². The van der Waals surface area contributed by atoms with Crippen molar-refractivity contribution in [3.63, 3.8) is 0 Å². The third-order valence-electron chi connectivity index (χ3n) is 4.64. The molecule has 1 unspecified atom stereocenters. The summed E-state index contributed by atoms with van der Waals surface area (Å²) in [6.45, 7) is 6.81. The van der Waals surface area contributed by atoms with Gasteiger partial charge in [0, 0.05) is 32.2 Å². The monoisotopic (exact) mass is 274 g/mol. The minimum atomic E-state index is 0.619. The van der Waals surface area contributed by atoms with Crippen LogP contribution in [0.15, 0.2) is 18.2 Å². The van der Waals surface area contributed by atoms with E-state index in [4.69, 9.17) is 4.74 Å². The molecule has 1 aromatic rings. The molecular formula is C17H26N2O. The van der Waals surface area contributed by atoms with Gasteiger partial charge in [-0.05, 0) is 42.4 Å². The summed E-state index contributed by atoms with van der Waals surface area (Å²) in [5.74, 6) is 1.90. The van der Waals surface area contributed by atoms with Crippen LogP contribution in [-0.4, -0.2) is 38.2 Å². The summed E-state index contributed by atoms with van der Waals surface area (Å²) < 4.78 is 5.47. The quantitative estimate of drug-likeness (QED) is 0.893. The number of aryl methyl sites for hydroxylation is 1. The Morgan fingerprint density at radius 1 is 1.30 bits per heavy atom. The fourth-order valence-corrected chi connectivity index (χ4v) is 3.41. The summed E-state index contributed by atoms with van der Waals surface area (Å²) in [6, 6.07) is 7.44. The van der Waals surface area contributed by atoms with Gasteiger partial charge in [-0.15, -0.1) is 0 Å². The number of nitrogens with one attached hydrogen (secondary N) is 1. The maximum Gasteiger partial charge on any atom is 0.122 e. The molecule has 0 amide bonds. The highest BCUT2D eigenvalue weighted by Crippen LogP contribution is 2.45. The minimum Gasteiger partial charge on any atom is -0.496 e. The van der Waals surface area contributed by atoms with Crippen LogP contribution in [0.5, 0.6) is 5.75 Å². The topological polar surface area (TPSA) is 24.5 Å². The Bertz CT molecular complexity index is 450. The zero-order valence-corrected chi connectivity index (χ0v) is 12.7. The Morgan fingerprint density at radius 2 is 2.05 bits per heavy atom. The van der Waals surface area contributed by atoms with Crippen LogP contribution in [0, 0.1) is 5.92 Å². The van der Waals surface area contributed by atoms with Crippen molar-refractivity contribution in [2.24, 2.45) is 5.92 Å². The first-order valence-corrected chi connectivity index (χ1v) is 7.95. The molecule has 1 aliphatic carbocycles. The number of hydrogen-bond acceptors (Lipinski definition) is 3. The molecule has 1 heterocycles. The van der Waals surface area contributed by atoms with E-state index in [9.17, 15) is 0 Å². The van der Waals surface area contributed by atoms with Crippen LogP contribution in [0.1, 0.15) is 36.9 Å². The molecule has 3 rings (SSSR count). The summed E-state index contributed by atoms with van der Waals surface area (Å²) in [7, 11) is 1.77. The van der Waals surface area contributed by atoms with E-state index < -0.39 is 0 Å². The average Bonchev–Trinajstić information content (AvgIpc) is 3.33. The molecular weight excluding hydrogens is 248 g/mol. The number of hydrogen-bond donors (Lipinski definition) is 1. The molecule has 3 nitrogen and oxygen atoms in total. The predicted octanol–water partition coefficient (Wildman–Crippen LogP) is 2.61. The fourth-order valence-electron chi connectivity index (χ4n) is 3.41. The van der Waals surface area contributed by atoms with Crippen molar-refractivity contribution >= 4 is 0 Å². The standard InChI is InChI=1S/C17H26N2O/c1-3-13-12-15(6-7-16(13)20-2)17(14-4-5-14)19-10-8-18-9-11-19/h6-7,12,14,17-18H,3-5,8-11H2,1-2H3. The highest BCUT2D eigenvalue weighted by Gasteiger charge is 2.36. The first kappa shape index (κ1) is 13.9. The van der Waals surface area contributed by atoms with E-state index in [1.54, 1.807) is 7.11 Å². The van der Waals surface area contributed by atoms with Gasteiger partial charge in [0.15, 0.2) is 0 Å². The fraction of sp³-hybridized carbons (Fsp3) is 0.647. The summed E-state index contributed by atoms with van der Waals surface area (Å²) in [4.78, 5) is 2.68. The molecule has 20 heavy (non-hydrogen) atoms. The van der Waals surface area contributed by atoms with E-state index in [1.807, 2.05) is 0 Å². The molecule has 0 bridgehead atoms. The Kier molecular flexibility index (Phi) is 4.27. The lowest BCUT2D eigenvalue weighted by atomic mass is 9.96. The molecule has 1 atom stereocenters. The van der Waals surface area contributed by atoms with Gasteiger partial charge in [0.25, 0.3) is 0 Å². The van der Waals surface area contributed by atoms with E-state index in [2.05, 4.69) is 35.3 Å². The summed E-state index contributed by atoms with van der Waals surface area (Å²) in [6.07, 6.45) is 3.82. The number of piperazine rings is 1. The highest BCUT2D eigenvalue weighted by molar-refractivity contribution is 5.39. The van der Waals surface area contributed by atoms with Crippen molar-refractivity contribution in [2.45, 2.75) is 32.2 Å². The molecule has 1 aliphatic heterocycles. The van der Waals surface area contributed by atoms with Crippen molar-refractivity contribution < 1.29 is 4.74 Å². The molecule has 1 aromatic carbocycles. The zero-order chi connectivity index (χ0) is 13.9. The van der Waals surface area contributed by atoms with Crippen molar-refractivity contribution in [3.05, 3.63) is 29.3 Å². The Balaban J connectivity index is 1.86. The molecule has 1 N–H and O–H groups in total. The van der Waals surface area contributed by atoms with Crippen LogP contribution in [0.2, 0.25) is 0 Å². The molecule has 2 aliphatic rings. The lowest BCUT2D eigenvalue weighted by Crippen LogP contribution is -2.45. The molecule has 1 saturated carbocycles. The lowest BCUT2D eigenvalue weighted by molar-refractivity contribution is 0.156. The van der Waals surface area contributed by atoms with Crippen LogP contribution in [0.4, 0.5) is 0 Å². The maximum atomic E-state index is 5.47. The van der Waals surface area contributed by atoms with Crippen molar-refractivity contribution in [3.8, 4) is 5.75 Å². The number of ether oxygens (including phenoxy) is 1. The van der Waals surface area contributed by atoms with E-state index >= 15 is 0 Å². The number of rotatable bonds is 5.